The summed E-state index contributed by atoms with van der Waals surface area (Å²) in [7, 11) is 0. The zero-order chi connectivity index (χ0) is 10.0. The highest BCUT2D eigenvalue weighted by Crippen LogP contribution is 2.18. The van der Waals surface area contributed by atoms with Gasteiger partial charge in [-0.1, -0.05) is 6.58 Å². The predicted molar refractivity (Wildman–Crippen MR) is 44.0 cm³/mol. The SMILES string of the molecule is C=CC(=O)N1C[C@@H](O)C[C@H]1C(=O)O. The lowest BCUT2D eigenvalue weighted by Crippen LogP contribution is -2.39. The van der Waals surface area contributed by atoms with E-state index in [2.05, 4.69) is 6.58 Å². The monoisotopic (exact) mass is 185 g/mol. The second-order valence-corrected chi connectivity index (χ2v) is 2.94. The highest BCUT2D eigenvalue weighted by molar-refractivity contribution is 5.91. The van der Waals surface area contributed by atoms with Crippen LogP contribution >= 0.6 is 0 Å². The molecule has 5 nitrogen and oxygen atoms in total. The Morgan fingerprint density at radius 3 is 2.62 bits per heavy atom. The van der Waals surface area contributed by atoms with Crippen molar-refractivity contribution in [3.8, 4) is 0 Å². The van der Waals surface area contributed by atoms with Crippen LogP contribution in [0.3, 0.4) is 0 Å². The third-order valence-corrected chi connectivity index (χ3v) is 2.02. The summed E-state index contributed by atoms with van der Waals surface area (Å²) in [5.74, 6) is -1.55. The maximum absolute atomic E-state index is 11.1. The molecular formula is C8H11NO4. The molecule has 0 aromatic heterocycles. The van der Waals surface area contributed by atoms with Crippen molar-refractivity contribution in [2.24, 2.45) is 0 Å². The largest absolute Gasteiger partial charge is 0.480 e. The molecule has 1 aliphatic rings. The van der Waals surface area contributed by atoms with E-state index >= 15 is 0 Å². The average Bonchev–Trinajstić information content (AvgIpc) is 2.46. The van der Waals surface area contributed by atoms with Crippen LogP contribution in [0, 0.1) is 0 Å². The average molecular weight is 185 g/mol. The molecule has 0 bridgehead atoms. The highest BCUT2D eigenvalue weighted by Gasteiger charge is 2.37. The third kappa shape index (κ3) is 1.86. The van der Waals surface area contributed by atoms with E-state index in [0.29, 0.717) is 0 Å². The van der Waals surface area contributed by atoms with Gasteiger partial charge in [0.2, 0.25) is 5.91 Å². The Kier molecular flexibility index (Phi) is 2.67. The number of rotatable bonds is 2. The number of carbonyl (C=O) groups is 2. The molecule has 1 rings (SSSR count). The lowest BCUT2D eigenvalue weighted by Gasteiger charge is -2.18. The number of carboxylic acids is 1. The Bertz CT molecular complexity index is 251. The Hall–Kier alpha value is -1.36. The molecular weight excluding hydrogens is 174 g/mol. The Labute approximate surface area is 75.3 Å². The van der Waals surface area contributed by atoms with Gasteiger partial charge >= 0.3 is 5.97 Å². The fourth-order valence-corrected chi connectivity index (χ4v) is 1.41. The summed E-state index contributed by atoms with van der Waals surface area (Å²) in [4.78, 5) is 22.9. The van der Waals surface area contributed by atoms with E-state index in [4.69, 9.17) is 5.11 Å². The molecule has 2 atom stereocenters. The molecule has 1 aliphatic heterocycles. The number of β-amino-alcohol motifs (C(OH)–C–C–N with tert-alkyl or cyclic N) is 1. The molecule has 13 heavy (non-hydrogen) atoms. The molecule has 2 N–H and O–H groups in total. The maximum atomic E-state index is 11.1. The van der Waals surface area contributed by atoms with Crippen molar-refractivity contribution in [1.82, 2.24) is 4.90 Å². The van der Waals surface area contributed by atoms with E-state index in [1.165, 1.54) is 0 Å². The molecule has 0 unspecified atom stereocenters. The number of aliphatic carboxylic acids is 1. The van der Waals surface area contributed by atoms with Crippen molar-refractivity contribution in [3.63, 3.8) is 0 Å². The van der Waals surface area contributed by atoms with Gasteiger partial charge in [-0.2, -0.15) is 0 Å². The lowest BCUT2D eigenvalue weighted by atomic mass is 10.2. The first-order valence-electron chi connectivity index (χ1n) is 3.90. The quantitative estimate of drug-likeness (QED) is 0.553. The molecule has 1 heterocycles. The molecule has 0 aliphatic carbocycles. The van der Waals surface area contributed by atoms with Gasteiger partial charge in [-0.15, -0.1) is 0 Å². The number of carbonyl (C=O) groups excluding carboxylic acids is 1. The maximum Gasteiger partial charge on any atom is 0.326 e. The van der Waals surface area contributed by atoms with Crippen LogP contribution in [-0.4, -0.2) is 45.7 Å². The van der Waals surface area contributed by atoms with E-state index < -0.39 is 24.0 Å². The number of carboxylic acid groups (broad SMARTS) is 1. The predicted octanol–water partition coefficient (Wildman–Crippen LogP) is -0.781. The molecule has 0 aromatic carbocycles. The second kappa shape index (κ2) is 3.57. The van der Waals surface area contributed by atoms with Gasteiger partial charge in [0.05, 0.1) is 6.10 Å². The van der Waals surface area contributed by atoms with Crippen LogP contribution < -0.4 is 0 Å². The van der Waals surface area contributed by atoms with Crippen molar-refractivity contribution >= 4 is 11.9 Å². The Morgan fingerprint density at radius 1 is 1.54 bits per heavy atom. The summed E-state index contributed by atoms with van der Waals surface area (Å²) in [6.45, 7) is 3.33. The van der Waals surface area contributed by atoms with Crippen LogP contribution in [0.4, 0.5) is 0 Å². The first-order chi connectivity index (χ1) is 6.06. The minimum absolute atomic E-state index is 0.0713. The highest BCUT2D eigenvalue weighted by atomic mass is 16.4. The van der Waals surface area contributed by atoms with E-state index in [0.717, 1.165) is 11.0 Å². The summed E-state index contributed by atoms with van der Waals surface area (Å²) in [6, 6.07) is -0.916. The Balaban J connectivity index is 2.77. The van der Waals surface area contributed by atoms with Crippen molar-refractivity contribution < 1.29 is 19.8 Å². The van der Waals surface area contributed by atoms with Crippen LogP contribution in [0.1, 0.15) is 6.42 Å². The molecule has 1 saturated heterocycles. The fourth-order valence-electron chi connectivity index (χ4n) is 1.41. The van der Waals surface area contributed by atoms with Crippen LogP contribution in [0.25, 0.3) is 0 Å². The van der Waals surface area contributed by atoms with Gasteiger partial charge in [-0.25, -0.2) is 4.79 Å². The Morgan fingerprint density at radius 2 is 2.15 bits per heavy atom. The molecule has 5 heteroatoms. The molecule has 0 radical (unpaired) electrons. The minimum Gasteiger partial charge on any atom is -0.480 e. The van der Waals surface area contributed by atoms with Crippen LogP contribution in [0.2, 0.25) is 0 Å². The molecule has 0 saturated carbocycles. The van der Waals surface area contributed by atoms with Gasteiger partial charge < -0.3 is 15.1 Å². The summed E-state index contributed by atoms with van der Waals surface area (Å²) >= 11 is 0. The second-order valence-electron chi connectivity index (χ2n) is 2.94. The minimum atomic E-state index is -1.09. The number of likely N-dealkylation sites (tertiary alicyclic amines) is 1. The van der Waals surface area contributed by atoms with Crippen LogP contribution in [0.5, 0.6) is 0 Å². The first-order valence-corrected chi connectivity index (χ1v) is 3.90. The number of hydrogen-bond acceptors (Lipinski definition) is 3. The summed E-state index contributed by atoms with van der Waals surface area (Å²) in [6.07, 6.45) is 0.396. The zero-order valence-electron chi connectivity index (χ0n) is 7.01. The summed E-state index contributed by atoms with van der Waals surface area (Å²) in [5.41, 5.74) is 0. The first kappa shape index (κ1) is 9.73. The number of nitrogens with zero attached hydrogens (tertiary/aromatic N) is 1. The molecule has 1 amide bonds. The molecule has 72 valence electrons. The summed E-state index contributed by atoms with van der Waals surface area (Å²) in [5, 5.41) is 17.9. The van der Waals surface area contributed by atoms with Gasteiger partial charge in [-0.3, -0.25) is 4.79 Å². The number of amides is 1. The van der Waals surface area contributed by atoms with Gasteiger partial charge in [-0.05, 0) is 6.08 Å². The molecule has 0 spiro atoms. The number of hydrogen-bond donors (Lipinski definition) is 2. The molecule has 0 aromatic rings. The van der Waals surface area contributed by atoms with E-state index in [1.54, 1.807) is 0 Å². The third-order valence-electron chi connectivity index (χ3n) is 2.02. The van der Waals surface area contributed by atoms with Crippen LogP contribution in [0.15, 0.2) is 12.7 Å². The van der Waals surface area contributed by atoms with Gasteiger partial charge in [0.1, 0.15) is 6.04 Å². The van der Waals surface area contributed by atoms with Crippen LogP contribution in [-0.2, 0) is 9.59 Å². The van der Waals surface area contributed by atoms with E-state index in [1.807, 2.05) is 0 Å². The normalized spacial score (nSPS) is 27.3. The zero-order valence-corrected chi connectivity index (χ0v) is 7.01. The van der Waals surface area contributed by atoms with E-state index in [9.17, 15) is 14.7 Å². The van der Waals surface area contributed by atoms with Crippen molar-refractivity contribution in [2.75, 3.05) is 6.54 Å². The van der Waals surface area contributed by atoms with E-state index in [-0.39, 0.29) is 13.0 Å². The topological polar surface area (TPSA) is 77.8 Å². The number of aliphatic hydroxyl groups is 1. The summed E-state index contributed by atoms with van der Waals surface area (Å²) < 4.78 is 0. The standard InChI is InChI=1S/C8H11NO4/c1-2-7(11)9-4-5(10)3-6(9)8(12)13/h2,5-6,10H,1,3-4H2,(H,12,13)/t5-,6-/m0/s1. The van der Waals surface area contributed by atoms with Crippen molar-refractivity contribution in [3.05, 3.63) is 12.7 Å². The van der Waals surface area contributed by atoms with Crippen molar-refractivity contribution in [1.29, 1.82) is 0 Å². The van der Waals surface area contributed by atoms with Gasteiger partial charge in [0.15, 0.2) is 0 Å². The fraction of sp³-hybridized carbons (Fsp3) is 0.500. The van der Waals surface area contributed by atoms with Gasteiger partial charge in [0.25, 0.3) is 0 Å². The number of aliphatic hydroxyl groups excluding tert-OH is 1. The lowest BCUT2D eigenvalue weighted by molar-refractivity contribution is -0.146. The van der Waals surface area contributed by atoms with Gasteiger partial charge in [0, 0.05) is 13.0 Å². The van der Waals surface area contributed by atoms with Crippen molar-refractivity contribution in [2.45, 2.75) is 18.6 Å². The smallest absolute Gasteiger partial charge is 0.326 e. The molecule has 1 fully saturated rings.